The Balaban J connectivity index is 1.78. The Bertz CT molecular complexity index is 644. The molecule has 0 saturated carbocycles. The van der Waals surface area contributed by atoms with Crippen molar-refractivity contribution < 1.29 is 9.59 Å². The summed E-state index contributed by atoms with van der Waals surface area (Å²) in [6.45, 7) is 3.81. The van der Waals surface area contributed by atoms with E-state index in [1.54, 1.807) is 6.20 Å². The summed E-state index contributed by atoms with van der Waals surface area (Å²) in [5, 5.41) is 13.2. The van der Waals surface area contributed by atoms with Gasteiger partial charge in [-0.05, 0) is 25.5 Å². The molecule has 2 heterocycles. The lowest BCUT2D eigenvalue weighted by Crippen LogP contribution is -2.28. The number of pyridine rings is 1. The fourth-order valence-corrected chi connectivity index (χ4v) is 2.43. The maximum atomic E-state index is 11.9. The summed E-state index contributed by atoms with van der Waals surface area (Å²) in [5.41, 5.74) is 3.37. The maximum Gasteiger partial charge on any atom is 0.226 e. The minimum absolute atomic E-state index is 0.0966. The molecular weight excluding hydrogens is 302 g/mol. The van der Waals surface area contributed by atoms with Crippen LogP contribution in [0.2, 0.25) is 0 Å². The van der Waals surface area contributed by atoms with Crippen LogP contribution in [0, 0.1) is 6.92 Å². The van der Waals surface area contributed by atoms with Crippen LogP contribution in [0.25, 0.3) is 0 Å². The fourth-order valence-electron chi connectivity index (χ4n) is 1.97. The summed E-state index contributed by atoms with van der Waals surface area (Å²) in [6, 6.07) is 3.60. The zero-order chi connectivity index (χ0) is 15.9. The van der Waals surface area contributed by atoms with Crippen LogP contribution in [-0.2, 0) is 9.59 Å². The third-order valence-corrected chi connectivity index (χ3v) is 3.63. The molecule has 0 aliphatic carbocycles. The highest BCUT2D eigenvalue weighted by Crippen LogP contribution is 2.14. The number of anilines is 1. The molecule has 0 aliphatic heterocycles. The smallest absolute Gasteiger partial charge is 0.226 e. The van der Waals surface area contributed by atoms with E-state index < -0.39 is 0 Å². The average Bonchev–Trinajstić information content (AvgIpc) is 2.98. The molecular formula is C14H17N5O2S. The average molecular weight is 319 g/mol. The number of aryl methyl sites for hydroxylation is 1. The molecule has 2 aromatic rings. The lowest BCUT2D eigenvalue weighted by Gasteiger charge is -2.15. The number of carbonyl (C=O) groups excluding carboxylic acids is 2. The number of rotatable bonds is 6. The molecule has 2 rings (SSSR count). The molecule has 0 spiro atoms. The van der Waals surface area contributed by atoms with Gasteiger partial charge in [-0.1, -0.05) is 17.4 Å². The number of hydrogen-bond donors (Lipinski definition) is 2. The molecule has 8 heteroatoms. The normalized spacial score (nSPS) is 11.7. The van der Waals surface area contributed by atoms with E-state index in [0.29, 0.717) is 5.13 Å². The van der Waals surface area contributed by atoms with Gasteiger partial charge in [0.05, 0.1) is 11.7 Å². The first kappa shape index (κ1) is 16.0. The summed E-state index contributed by atoms with van der Waals surface area (Å²) in [7, 11) is 0. The van der Waals surface area contributed by atoms with Crippen molar-refractivity contribution in [2.75, 3.05) is 5.32 Å². The SMILES string of the molecule is Cc1cccnc1C(C)NC(=O)CCC(=O)Nc1nncs1. The van der Waals surface area contributed by atoms with Crippen molar-refractivity contribution in [2.24, 2.45) is 0 Å². The Morgan fingerprint density at radius 1 is 1.32 bits per heavy atom. The third kappa shape index (κ3) is 4.59. The largest absolute Gasteiger partial charge is 0.348 e. The Kier molecular flexibility index (Phi) is 5.54. The minimum atomic E-state index is -0.256. The summed E-state index contributed by atoms with van der Waals surface area (Å²) in [4.78, 5) is 27.8. The van der Waals surface area contributed by atoms with Crippen molar-refractivity contribution in [3.63, 3.8) is 0 Å². The molecule has 22 heavy (non-hydrogen) atoms. The quantitative estimate of drug-likeness (QED) is 0.847. The van der Waals surface area contributed by atoms with Crippen LogP contribution in [0.5, 0.6) is 0 Å². The zero-order valence-corrected chi connectivity index (χ0v) is 13.2. The molecule has 0 aromatic carbocycles. The van der Waals surface area contributed by atoms with Gasteiger partial charge in [0.2, 0.25) is 16.9 Å². The van der Waals surface area contributed by atoms with E-state index in [-0.39, 0.29) is 30.7 Å². The second kappa shape index (κ2) is 7.60. The van der Waals surface area contributed by atoms with Gasteiger partial charge >= 0.3 is 0 Å². The highest BCUT2D eigenvalue weighted by molar-refractivity contribution is 7.13. The van der Waals surface area contributed by atoms with Crippen molar-refractivity contribution in [1.82, 2.24) is 20.5 Å². The number of nitrogens with one attached hydrogen (secondary N) is 2. The summed E-state index contributed by atoms with van der Waals surface area (Å²) in [5.74, 6) is -0.446. The second-order valence-electron chi connectivity index (χ2n) is 4.79. The number of nitrogens with zero attached hydrogens (tertiary/aromatic N) is 3. The molecule has 7 nitrogen and oxygen atoms in total. The van der Waals surface area contributed by atoms with Gasteiger partial charge in [0.25, 0.3) is 0 Å². The van der Waals surface area contributed by atoms with Crippen LogP contribution in [-0.4, -0.2) is 27.0 Å². The van der Waals surface area contributed by atoms with Gasteiger partial charge in [0, 0.05) is 19.0 Å². The Morgan fingerprint density at radius 3 is 2.77 bits per heavy atom. The molecule has 2 amide bonds. The van der Waals surface area contributed by atoms with E-state index in [1.807, 2.05) is 26.0 Å². The van der Waals surface area contributed by atoms with Crippen molar-refractivity contribution in [3.05, 3.63) is 35.1 Å². The van der Waals surface area contributed by atoms with Crippen LogP contribution in [0.1, 0.15) is 37.1 Å². The molecule has 0 aliphatic rings. The van der Waals surface area contributed by atoms with Gasteiger partial charge in [0.1, 0.15) is 5.51 Å². The number of amides is 2. The first-order valence-electron chi connectivity index (χ1n) is 6.83. The lowest BCUT2D eigenvalue weighted by atomic mass is 10.1. The number of hydrogen-bond acceptors (Lipinski definition) is 6. The highest BCUT2D eigenvalue weighted by Gasteiger charge is 2.14. The van der Waals surface area contributed by atoms with Crippen LogP contribution in [0.3, 0.4) is 0 Å². The molecule has 0 saturated heterocycles. The minimum Gasteiger partial charge on any atom is -0.348 e. The van der Waals surface area contributed by atoms with E-state index in [2.05, 4.69) is 25.8 Å². The van der Waals surface area contributed by atoms with Gasteiger partial charge in [-0.15, -0.1) is 10.2 Å². The van der Waals surface area contributed by atoms with Crippen LogP contribution < -0.4 is 10.6 Å². The van der Waals surface area contributed by atoms with Crippen molar-refractivity contribution in [2.45, 2.75) is 32.7 Å². The molecule has 0 bridgehead atoms. The predicted molar refractivity (Wildman–Crippen MR) is 83.3 cm³/mol. The monoisotopic (exact) mass is 319 g/mol. The van der Waals surface area contributed by atoms with Crippen LogP contribution in [0.4, 0.5) is 5.13 Å². The Labute approximate surface area is 132 Å². The van der Waals surface area contributed by atoms with Crippen molar-refractivity contribution in [3.8, 4) is 0 Å². The van der Waals surface area contributed by atoms with Crippen molar-refractivity contribution in [1.29, 1.82) is 0 Å². The van der Waals surface area contributed by atoms with E-state index in [9.17, 15) is 9.59 Å². The van der Waals surface area contributed by atoms with E-state index >= 15 is 0 Å². The fraction of sp³-hybridized carbons (Fsp3) is 0.357. The Hall–Kier alpha value is -2.35. The van der Waals surface area contributed by atoms with Gasteiger partial charge in [-0.25, -0.2) is 0 Å². The van der Waals surface area contributed by atoms with Gasteiger partial charge < -0.3 is 10.6 Å². The number of aromatic nitrogens is 3. The molecule has 2 aromatic heterocycles. The zero-order valence-electron chi connectivity index (χ0n) is 12.4. The van der Waals surface area contributed by atoms with Gasteiger partial charge in [-0.2, -0.15) is 0 Å². The standard InChI is InChI=1S/C14H17N5O2S/c1-9-4-3-7-15-13(9)10(2)17-11(20)5-6-12(21)18-14-19-16-8-22-14/h3-4,7-8,10H,5-6H2,1-2H3,(H,17,20)(H,18,19,21). The van der Waals surface area contributed by atoms with Gasteiger partial charge in [0.15, 0.2) is 0 Å². The van der Waals surface area contributed by atoms with E-state index in [4.69, 9.17) is 0 Å². The summed E-state index contributed by atoms with van der Waals surface area (Å²) < 4.78 is 0. The molecule has 1 atom stereocenters. The Morgan fingerprint density at radius 2 is 2.09 bits per heavy atom. The molecule has 0 fully saturated rings. The van der Waals surface area contributed by atoms with E-state index in [1.165, 1.54) is 16.8 Å². The molecule has 0 radical (unpaired) electrons. The van der Waals surface area contributed by atoms with Gasteiger partial charge in [-0.3, -0.25) is 14.6 Å². The van der Waals surface area contributed by atoms with Crippen LogP contribution >= 0.6 is 11.3 Å². The predicted octanol–water partition coefficient (Wildman–Crippen LogP) is 1.84. The maximum absolute atomic E-state index is 11.9. The summed E-state index contributed by atoms with van der Waals surface area (Å²) >= 11 is 1.23. The van der Waals surface area contributed by atoms with Crippen molar-refractivity contribution >= 4 is 28.3 Å². The first-order chi connectivity index (χ1) is 10.6. The first-order valence-corrected chi connectivity index (χ1v) is 7.71. The second-order valence-corrected chi connectivity index (χ2v) is 5.62. The molecule has 2 N–H and O–H groups in total. The topological polar surface area (TPSA) is 96.9 Å². The molecule has 1 unspecified atom stereocenters. The molecule has 116 valence electrons. The van der Waals surface area contributed by atoms with E-state index in [0.717, 1.165) is 11.3 Å². The summed E-state index contributed by atoms with van der Waals surface area (Å²) in [6.07, 6.45) is 1.90. The van der Waals surface area contributed by atoms with Crippen LogP contribution in [0.15, 0.2) is 23.8 Å². The lowest BCUT2D eigenvalue weighted by molar-refractivity contribution is -0.124. The highest BCUT2D eigenvalue weighted by atomic mass is 32.1. The number of carbonyl (C=O) groups is 2. The third-order valence-electron chi connectivity index (χ3n) is 3.02.